The molecule has 2 saturated heterocycles. The predicted octanol–water partition coefficient (Wildman–Crippen LogP) is -7.46. The average Bonchev–Trinajstić information content (AvgIpc) is 3.79. The van der Waals surface area contributed by atoms with Gasteiger partial charge in [0.2, 0.25) is 11.8 Å². The molecule has 6 heterocycles. The molecular formula is C36H44B2N8Na2O14. The van der Waals surface area contributed by atoms with E-state index in [9.17, 15) is 49.5 Å². The second-order valence-corrected chi connectivity index (χ2v) is 15.3. The summed E-state index contributed by atoms with van der Waals surface area (Å²) in [6, 6.07) is 4.65. The minimum atomic E-state index is -3.11. The number of carboxylic acids is 2. The van der Waals surface area contributed by atoms with E-state index >= 15 is 0 Å². The van der Waals surface area contributed by atoms with Gasteiger partial charge in [0.05, 0.1) is 50.1 Å². The third kappa shape index (κ3) is 10.6. The Labute approximate surface area is 398 Å². The van der Waals surface area contributed by atoms with Gasteiger partial charge < -0.3 is 70.4 Å². The van der Waals surface area contributed by atoms with Crippen molar-refractivity contribution in [3.63, 3.8) is 0 Å². The molecule has 22 nitrogen and oxygen atoms in total. The zero-order valence-corrected chi connectivity index (χ0v) is 38.5. The van der Waals surface area contributed by atoms with Crippen molar-refractivity contribution in [1.82, 2.24) is 29.4 Å². The first-order chi connectivity index (χ1) is 28.3. The molecule has 0 aliphatic carbocycles. The minimum Gasteiger partial charge on any atom is -0.669 e. The SMILES string of the molecule is Cn1cc(C(N)C(=O)N2CC(Oc3ccc4c(c3C(=O)O)O[B-](O)(O)CC4)C2)cn1.Cn1cc(C(N)C(=O)N2CC(Oc3ccc4c(c3C(=O)O)O[B-](O)(O)CC4)C2)cn1.[Na+].[Na+]. The molecule has 2 amide bonds. The maximum Gasteiger partial charge on any atom is 1.00 e. The Balaban J connectivity index is 0.000000227. The molecule has 0 bridgehead atoms. The Morgan fingerprint density at radius 2 is 1.03 bits per heavy atom. The van der Waals surface area contributed by atoms with E-state index in [4.69, 9.17) is 30.2 Å². The number of nitrogens with zero attached hydrogens (tertiary/aromatic N) is 6. The molecule has 2 aromatic carbocycles. The van der Waals surface area contributed by atoms with Gasteiger partial charge in [-0.25, -0.2) is 9.59 Å². The number of amides is 2. The van der Waals surface area contributed by atoms with E-state index in [0.29, 0.717) is 22.3 Å². The Morgan fingerprint density at radius 3 is 1.34 bits per heavy atom. The van der Waals surface area contributed by atoms with Crippen molar-refractivity contribution in [3.05, 3.63) is 82.4 Å². The molecule has 8 rings (SSSR count). The Kier molecular flexibility index (Phi) is 15.2. The summed E-state index contributed by atoms with van der Waals surface area (Å²) in [5, 5.41) is 66.5. The number of carboxylic acid groups (broad SMARTS) is 2. The van der Waals surface area contributed by atoms with Crippen molar-refractivity contribution in [1.29, 1.82) is 0 Å². The van der Waals surface area contributed by atoms with Gasteiger partial charge in [0, 0.05) is 37.6 Å². The van der Waals surface area contributed by atoms with Crippen LogP contribution >= 0.6 is 0 Å². The molecule has 0 radical (unpaired) electrons. The van der Waals surface area contributed by atoms with Crippen LogP contribution < -0.4 is 89.4 Å². The summed E-state index contributed by atoms with van der Waals surface area (Å²) < 4.78 is 25.0. The van der Waals surface area contributed by atoms with Crippen LogP contribution in [0.25, 0.3) is 0 Å². The van der Waals surface area contributed by atoms with Crippen LogP contribution in [0.5, 0.6) is 23.0 Å². The van der Waals surface area contributed by atoms with E-state index in [1.807, 2.05) is 0 Å². The maximum absolute atomic E-state index is 12.5. The first-order valence-electron chi connectivity index (χ1n) is 19.0. The normalized spacial score (nSPS) is 18.1. The van der Waals surface area contributed by atoms with Crippen molar-refractivity contribution in [2.24, 2.45) is 25.6 Å². The van der Waals surface area contributed by atoms with Crippen molar-refractivity contribution in [2.75, 3.05) is 26.2 Å². The number of aromatic nitrogens is 4. The number of carbonyl (C=O) groups excluding carboxylic acids is 2. The second kappa shape index (κ2) is 19.3. The topological polar surface area (TPSA) is 321 Å². The van der Waals surface area contributed by atoms with Gasteiger partial charge in [-0.3, -0.25) is 19.0 Å². The van der Waals surface area contributed by atoms with Crippen LogP contribution in [-0.2, 0) is 36.5 Å². The van der Waals surface area contributed by atoms with Crippen LogP contribution in [0.1, 0.15) is 55.1 Å². The zero-order valence-electron chi connectivity index (χ0n) is 34.5. The molecular weight excluding hydrogens is 836 g/mol. The number of nitrogens with two attached hydrogens (primary N) is 2. The van der Waals surface area contributed by atoms with Crippen LogP contribution in [0, 0.1) is 0 Å². The average molecular weight is 880 g/mol. The summed E-state index contributed by atoms with van der Waals surface area (Å²) >= 11 is 0. The standard InChI is InChI=1S/2C18H22BN4O7.2Na/c2*1-22-7-11(6-21-22)15(20)17(24)23-8-12(9-23)29-13-3-2-10-4-5-19(27,28)30-16(10)14(13)18(25)26;;/h2*2-3,6-7,12,15,27-28H,4-5,8-9,20H2,1H3,(H,25,26);;/q2*-1;2*+1. The molecule has 320 valence electrons. The maximum atomic E-state index is 12.5. The third-order valence-electron chi connectivity index (χ3n) is 10.6. The number of benzene rings is 2. The molecule has 4 aromatic rings. The van der Waals surface area contributed by atoms with Gasteiger partial charge in [-0.1, -0.05) is 24.8 Å². The Hall–Kier alpha value is -4.17. The van der Waals surface area contributed by atoms with E-state index in [1.54, 1.807) is 48.0 Å². The summed E-state index contributed by atoms with van der Waals surface area (Å²) in [6.07, 6.45) is 6.10. The summed E-state index contributed by atoms with van der Waals surface area (Å²) in [7, 11) is 3.46. The number of hydrogen-bond acceptors (Lipinski definition) is 16. The number of hydrogen-bond donors (Lipinski definition) is 8. The Bertz CT molecular complexity index is 2180. The van der Waals surface area contributed by atoms with Gasteiger partial charge in [-0.15, -0.1) is 0 Å². The van der Waals surface area contributed by atoms with Gasteiger partial charge in [-0.2, -0.15) is 10.2 Å². The predicted molar refractivity (Wildman–Crippen MR) is 208 cm³/mol. The monoisotopic (exact) mass is 880 g/mol. The van der Waals surface area contributed by atoms with Crippen LogP contribution in [0.2, 0.25) is 12.6 Å². The van der Waals surface area contributed by atoms with Crippen molar-refractivity contribution < 1.29 is 127 Å². The van der Waals surface area contributed by atoms with Gasteiger partial charge in [0.1, 0.15) is 46.9 Å². The van der Waals surface area contributed by atoms with Crippen molar-refractivity contribution >= 4 is 37.3 Å². The third-order valence-corrected chi connectivity index (χ3v) is 10.6. The Morgan fingerprint density at radius 1 is 0.677 bits per heavy atom. The van der Waals surface area contributed by atoms with Gasteiger partial charge >= 0.3 is 84.6 Å². The number of ether oxygens (including phenoxy) is 2. The van der Waals surface area contributed by atoms with E-state index in [0.717, 1.165) is 0 Å². The number of aromatic carboxylic acids is 2. The fourth-order valence-electron chi connectivity index (χ4n) is 7.29. The smallest absolute Gasteiger partial charge is 0.669 e. The van der Waals surface area contributed by atoms with E-state index in [-0.39, 0.29) is 157 Å². The minimum absolute atomic E-state index is 0. The molecule has 2 unspecified atom stereocenters. The van der Waals surface area contributed by atoms with Gasteiger partial charge in [-0.05, 0) is 36.1 Å². The van der Waals surface area contributed by atoms with Gasteiger partial charge in [0.15, 0.2) is 0 Å². The first kappa shape index (κ1) is 48.9. The number of likely N-dealkylation sites (tertiary alicyclic amines) is 2. The molecule has 4 aliphatic rings. The molecule has 62 heavy (non-hydrogen) atoms. The van der Waals surface area contributed by atoms with Crippen LogP contribution in [-0.4, -0.2) is 135 Å². The molecule has 2 aromatic heterocycles. The summed E-state index contributed by atoms with van der Waals surface area (Å²) in [6.45, 7) is -5.23. The molecule has 10 N–H and O–H groups in total. The first-order valence-corrected chi connectivity index (χ1v) is 19.0. The van der Waals surface area contributed by atoms with Crippen LogP contribution in [0.3, 0.4) is 0 Å². The number of rotatable bonds is 10. The molecule has 4 aliphatic heterocycles. The number of fused-ring (bicyclic) bond motifs is 2. The zero-order chi connectivity index (χ0) is 43.3. The van der Waals surface area contributed by atoms with E-state index in [2.05, 4.69) is 10.2 Å². The van der Waals surface area contributed by atoms with Crippen LogP contribution in [0.4, 0.5) is 0 Å². The fourth-order valence-corrected chi connectivity index (χ4v) is 7.29. The summed E-state index contributed by atoms with van der Waals surface area (Å²) in [4.78, 5) is 51.7. The number of carbonyl (C=O) groups is 4. The van der Waals surface area contributed by atoms with E-state index in [1.165, 1.54) is 34.3 Å². The summed E-state index contributed by atoms with van der Waals surface area (Å²) in [5.41, 5.74) is 13.8. The van der Waals surface area contributed by atoms with E-state index < -0.39 is 49.7 Å². The molecule has 2 atom stereocenters. The molecule has 2 fully saturated rings. The summed E-state index contributed by atoms with van der Waals surface area (Å²) in [5.74, 6) is -3.26. The second-order valence-electron chi connectivity index (χ2n) is 15.3. The fraction of sp³-hybridized carbons (Fsp3) is 0.389. The largest absolute Gasteiger partial charge is 1.00 e. The molecule has 0 saturated carbocycles. The number of aryl methyl sites for hydroxylation is 4. The molecule has 0 spiro atoms. The van der Waals surface area contributed by atoms with Crippen LogP contribution in [0.15, 0.2) is 49.1 Å². The molecule has 26 heteroatoms. The van der Waals surface area contributed by atoms with Crippen molar-refractivity contribution in [3.8, 4) is 23.0 Å². The quantitative estimate of drug-likeness (QED) is 0.0686. The van der Waals surface area contributed by atoms with Gasteiger partial charge in [0.25, 0.3) is 0 Å². The van der Waals surface area contributed by atoms with Crippen molar-refractivity contribution in [2.45, 2.75) is 49.8 Å².